The minimum atomic E-state index is -1.93. The Morgan fingerprint density at radius 3 is 2.60 bits per heavy atom. The molecule has 1 atom stereocenters. The molecule has 1 amide bonds. The highest BCUT2D eigenvalue weighted by Gasteiger charge is 2.50. The molecule has 0 radical (unpaired) electrons. The van der Waals surface area contributed by atoms with Crippen molar-refractivity contribution in [3.63, 3.8) is 0 Å². The molecular weight excluding hydrogens is 338 g/mol. The lowest BCUT2D eigenvalue weighted by molar-refractivity contribution is -0.135. The van der Waals surface area contributed by atoms with Crippen molar-refractivity contribution >= 4 is 29.0 Å². The maximum Gasteiger partial charge on any atom is 0.264 e. The van der Waals surface area contributed by atoms with Crippen LogP contribution in [0.15, 0.2) is 55.1 Å². The van der Waals surface area contributed by atoms with Gasteiger partial charge in [-0.15, -0.1) is 6.58 Å². The van der Waals surface area contributed by atoms with E-state index in [-0.39, 0.29) is 18.7 Å². The summed E-state index contributed by atoms with van der Waals surface area (Å²) in [6.07, 6.45) is 1.24. The van der Waals surface area contributed by atoms with Crippen LogP contribution in [0.4, 0.5) is 5.69 Å². The first kappa shape index (κ1) is 17.4. The number of halogens is 1. The number of aryl methyl sites for hydroxylation is 1. The Labute approximate surface area is 151 Å². The smallest absolute Gasteiger partial charge is 0.264 e. The van der Waals surface area contributed by atoms with Gasteiger partial charge >= 0.3 is 0 Å². The van der Waals surface area contributed by atoms with Crippen LogP contribution in [-0.2, 0) is 10.4 Å². The first-order chi connectivity index (χ1) is 11.9. The Bertz CT molecular complexity index is 860. The van der Waals surface area contributed by atoms with Crippen LogP contribution in [-0.4, -0.2) is 23.3 Å². The molecule has 0 saturated heterocycles. The molecule has 128 valence electrons. The average Bonchev–Trinajstić information content (AvgIpc) is 2.77. The molecule has 3 rings (SSSR count). The third-order valence-electron chi connectivity index (χ3n) is 4.40. The molecule has 0 aliphatic carbocycles. The van der Waals surface area contributed by atoms with E-state index in [2.05, 4.69) is 6.58 Å². The molecular formula is C20H18ClNO3. The topological polar surface area (TPSA) is 57.6 Å². The Morgan fingerprint density at radius 1 is 1.28 bits per heavy atom. The molecule has 0 bridgehead atoms. The number of hydrogen-bond acceptors (Lipinski definition) is 3. The van der Waals surface area contributed by atoms with E-state index in [4.69, 9.17) is 11.6 Å². The molecule has 1 aliphatic rings. The summed E-state index contributed by atoms with van der Waals surface area (Å²) < 4.78 is 0. The number of fused-ring (bicyclic) bond motifs is 1. The van der Waals surface area contributed by atoms with Gasteiger partial charge in [0.1, 0.15) is 0 Å². The second kappa shape index (κ2) is 6.47. The number of amides is 1. The van der Waals surface area contributed by atoms with Gasteiger partial charge in [-0.1, -0.05) is 47.5 Å². The summed E-state index contributed by atoms with van der Waals surface area (Å²) in [7, 11) is 0. The van der Waals surface area contributed by atoms with Crippen LogP contribution in [0.5, 0.6) is 0 Å². The third-order valence-corrected chi connectivity index (χ3v) is 4.63. The van der Waals surface area contributed by atoms with Crippen LogP contribution in [0, 0.1) is 6.92 Å². The highest BCUT2D eigenvalue weighted by molar-refractivity contribution is 6.31. The van der Waals surface area contributed by atoms with Crippen molar-refractivity contribution in [2.24, 2.45) is 0 Å². The van der Waals surface area contributed by atoms with Crippen molar-refractivity contribution in [3.05, 3.63) is 76.8 Å². The van der Waals surface area contributed by atoms with E-state index in [9.17, 15) is 14.7 Å². The highest BCUT2D eigenvalue weighted by atomic mass is 35.5. The first-order valence-electron chi connectivity index (χ1n) is 7.92. The Kier molecular flexibility index (Phi) is 4.50. The Morgan fingerprint density at radius 2 is 1.96 bits per heavy atom. The molecule has 2 aromatic carbocycles. The number of aliphatic hydroxyl groups is 1. The van der Waals surface area contributed by atoms with Crippen LogP contribution in [0.1, 0.15) is 27.9 Å². The van der Waals surface area contributed by atoms with Crippen molar-refractivity contribution in [2.75, 3.05) is 11.4 Å². The van der Waals surface area contributed by atoms with E-state index < -0.39 is 11.5 Å². The van der Waals surface area contributed by atoms with E-state index in [0.717, 1.165) is 5.56 Å². The maximum atomic E-state index is 12.8. The van der Waals surface area contributed by atoms with Gasteiger partial charge in [0.15, 0.2) is 11.4 Å². The largest absolute Gasteiger partial charge is 0.375 e. The minimum Gasteiger partial charge on any atom is -0.375 e. The molecule has 4 nitrogen and oxygen atoms in total. The summed E-state index contributed by atoms with van der Waals surface area (Å²) in [5.74, 6) is -0.840. The van der Waals surface area contributed by atoms with Gasteiger partial charge in [0.25, 0.3) is 5.91 Å². The fraction of sp³-hybridized carbons (Fsp3) is 0.200. The van der Waals surface area contributed by atoms with Gasteiger partial charge in [-0.05, 0) is 25.1 Å². The summed E-state index contributed by atoms with van der Waals surface area (Å²) in [6, 6.07) is 11.9. The number of Topliss-reactive ketones (excluding diaryl/α,β-unsaturated/α-hetero) is 1. The lowest BCUT2D eigenvalue weighted by Crippen LogP contribution is -2.41. The molecule has 1 N–H and O–H groups in total. The molecule has 25 heavy (non-hydrogen) atoms. The SMILES string of the molecule is C=CCN1C(=O)[C@@](O)(CC(=O)c2ccc(C)cc2)c2cc(Cl)ccc21. The number of carbonyl (C=O) groups is 2. The lowest BCUT2D eigenvalue weighted by Gasteiger charge is -2.22. The number of anilines is 1. The summed E-state index contributed by atoms with van der Waals surface area (Å²) in [6.45, 7) is 5.81. The van der Waals surface area contributed by atoms with E-state index >= 15 is 0 Å². The predicted octanol–water partition coefficient (Wildman–Crippen LogP) is 3.64. The second-order valence-corrected chi connectivity index (χ2v) is 6.63. The first-order valence-corrected chi connectivity index (χ1v) is 8.30. The zero-order valence-corrected chi connectivity index (χ0v) is 14.6. The standard InChI is InChI=1S/C20H18ClNO3/c1-3-10-22-17-9-8-15(21)11-16(17)20(25,19(22)24)12-18(23)14-6-4-13(2)5-7-14/h3-9,11,25H,1,10,12H2,2H3/t20-/m1/s1. The molecule has 5 heteroatoms. The van der Waals surface area contributed by atoms with Gasteiger partial charge < -0.3 is 10.0 Å². The van der Waals surface area contributed by atoms with Gasteiger partial charge in [0, 0.05) is 22.7 Å². The second-order valence-electron chi connectivity index (χ2n) is 6.19. The van der Waals surface area contributed by atoms with E-state index in [1.165, 1.54) is 4.90 Å². The number of nitrogens with zero attached hydrogens (tertiary/aromatic N) is 1. The number of ketones is 1. The van der Waals surface area contributed by atoms with Crippen LogP contribution in [0.2, 0.25) is 5.02 Å². The van der Waals surface area contributed by atoms with Crippen molar-refractivity contribution in [1.29, 1.82) is 0 Å². The number of carbonyl (C=O) groups excluding carboxylic acids is 2. The molecule has 1 aliphatic heterocycles. The van der Waals surface area contributed by atoms with Crippen molar-refractivity contribution < 1.29 is 14.7 Å². The summed E-state index contributed by atoms with van der Waals surface area (Å²) in [5.41, 5.74) is 0.463. The van der Waals surface area contributed by atoms with Gasteiger partial charge in [0.2, 0.25) is 0 Å². The van der Waals surface area contributed by atoms with Crippen LogP contribution in [0.3, 0.4) is 0 Å². The Hall–Kier alpha value is -2.43. The zero-order chi connectivity index (χ0) is 18.2. The molecule has 0 spiro atoms. The van der Waals surface area contributed by atoms with E-state index in [0.29, 0.717) is 21.8 Å². The molecule has 0 aromatic heterocycles. The quantitative estimate of drug-likeness (QED) is 0.658. The monoisotopic (exact) mass is 355 g/mol. The third kappa shape index (κ3) is 2.99. The van der Waals surface area contributed by atoms with Gasteiger partial charge in [-0.25, -0.2) is 0 Å². The van der Waals surface area contributed by atoms with Crippen LogP contribution >= 0.6 is 11.6 Å². The van der Waals surface area contributed by atoms with E-state index in [1.54, 1.807) is 36.4 Å². The summed E-state index contributed by atoms with van der Waals surface area (Å²) >= 11 is 6.05. The van der Waals surface area contributed by atoms with Crippen molar-refractivity contribution in [1.82, 2.24) is 0 Å². The molecule has 0 unspecified atom stereocenters. The average molecular weight is 356 g/mol. The Balaban J connectivity index is 2.00. The zero-order valence-electron chi connectivity index (χ0n) is 13.8. The van der Waals surface area contributed by atoms with Crippen LogP contribution < -0.4 is 4.90 Å². The fourth-order valence-electron chi connectivity index (χ4n) is 3.08. The van der Waals surface area contributed by atoms with Gasteiger partial charge in [-0.3, -0.25) is 9.59 Å². The molecule has 0 fully saturated rings. The van der Waals surface area contributed by atoms with Gasteiger partial charge in [-0.2, -0.15) is 0 Å². The van der Waals surface area contributed by atoms with Gasteiger partial charge in [0.05, 0.1) is 12.1 Å². The number of rotatable bonds is 5. The maximum absolute atomic E-state index is 12.8. The number of benzene rings is 2. The fourth-order valence-corrected chi connectivity index (χ4v) is 3.25. The predicted molar refractivity (Wildman–Crippen MR) is 98.0 cm³/mol. The normalized spacial score (nSPS) is 19.0. The van der Waals surface area contributed by atoms with Crippen molar-refractivity contribution in [3.8, 4) is 0 Å². The van der Waals surface area contributed by atoms with Crippen molar-refractivity contribution in [2.45, 2.75) is 18.9 Å². The van der Waals surface area contributed by atoms with E-state index in [1.807, 2.05) is 19.1 Å². The lowest BCUT2D eigenvalue weighted by atomic mass is 9.88. The molecule has 1 heterocycles. The van der Waals surface area contributed by atoms with Crippen LogP contribution in [0.25, 0.3) is 0 Å². The summed E-state index contributed by atoms with van der Waals surface area (Å²) in [5, 5.41) is 11.5. The summed E-state index contributed by atoms with van der Waals surface area (Å²) in [4.78, 5) is 26.9. The number of hydrogen-bond donors (Lipinski definition) is 1. The minimum absolute atomic E-state index is 0.245. The molecule has 2 aromatic rings. The highest BCUT2D eigenvalue weighted by Crippen LogP contribution is 2.44. The molecule has 0 saturated carbocycles.